The van der Waals surface area contributed by atoms with Crippen LogP contribution in [0.5, 0.6) is 0 Å². The molecule has 1 fully saturated rings. The van der Waals surface area contributed by atoms with Crippen LogP contribution >= 0.6 is 0 Å². The van der Waals surface area contributed by atoms with E-state index in [9.17, 15) is 13.2 Å². The Morgan fingerprint density at radius 3 is 2.06 bits per heavy atom. The molecule has 5 heteroatoms. The standard InChI is InChI=1S/C10H19NO3S.C2H6/c1-10(2,3)9(12)8-6-5-7-11(8)15(4,13)14;1-2/h8H,5-7H2,1-4H3;1-2H3. The summed E-state index contributed by atoms with van der Waals surface area (Å²) in [6.07, 6.45) is 2.60. The van der Waals surface area contributed by atoms with Crippen molar-refractivity contribution in [2.75, 3.05) is 12.8 Å². The molecule has 0 aromatic heterocycles. The van der Waals surface area contributed by atoms with E-state index in [1.165, 1.54) is 10.6 Å². The summed E-state index contributed by atoms with van der Waals surface area (Å²) >= 11 is 0. The van der Waals surface area contributed by atoms with Crippen LogP contribution in [-0.2, 0) is 14.8 Å². The fourth-order valence-electron chi connectivity index (χ4n) is 1.90. The molecule has 1 atom stereocenters. The van der Waals surface area contributed by atoms with Crippen LogP contribution < -0.4 is 0 Å². The minimum Gasteiger partial charge on any atom is -0.297 e. The third-order valence-corrected chi connectivity index (χ3v) is 3.96. The van der Waals surface area contributed by atoms with Crippen molar-refractivity contribution in [2.45, 2.75) is 53.5 Å². The molecule has 0 radical (unpaired) electrons. The molecule has 1 rings (SSSR count). The first-order chi connectivity index (χ1) is 7.64. The Bertz CT molecular complexity index is 354. The Labute approximate surface area is 105 Å². The zero-order chi connectivity index (χ0) is 13.9. The first-order valence-electron chi connectivity index (χ1n) is 6.15. The first-order valence-corrected chi connectivity index (χ1v) is 8.00. The normalized spacial score (nSPS) is 21.9. The maximum Gasteiger partial charge on any atom is 0.211 e. The van der Waals surface area contributed by atoms with Gasteiger partial charge in [-0.3, -0.25) is 4.79 Å². The summed E-state index contributed by atoms with van der Waals surface area (Å²) in [5, 5.41) is 0. The first kappa shape index (κ1) is 16.6. The molecule has 0 saturated carbocycles. The van der Waals surface area contributed by atoms with Gasteiger partial charge in [0.1, 0.15) is 0 Å². The fourth-order valence-corrected chi connectivity index (χ4v) is 3.02. The largest absolute Gasteiger partial charge is 0.297 e. The summed E-state index contributed by atoms with van der Waals surface area (Å²) in [7, 11) is -3.24. The van der Waals surface area contributed by atoms with Crippen LogP contribution in [0.25, 0.3) is 0 Å². The summed E-state index contributed by atoms with van der Waals surface area (Å²) in [4.78, 5) is 12.0. The summed E-state index contributed by atoms with van der Waals surface area (Å²) in [5.74, 6) is 0.0189. The Morgan fingerprint density at radius 1 is 1.24 bits per heavy atom. The van der Waals surface area contributed by atoms with Gasteiger partial charge in [0, 0.05) is 12.0 Å². The molecule has 4 nitrogen and oxygen atoms in total. The van der Waals surface area contributed by atoms with Crippen molar-refractivity contribution < 1.29 is 13.2 Å². The molecule has 0 spiro atoms. The van der Waals surface area contributed by atoms with Crippen molar-refractivity contribution in [1.82, 2.24) is 4.31 Å². The molecular weight excluding hydrogens is 238 g/mol. The Morgan fingerprint density at radius 2 is 1.71 bits per heavy atom. The van der Waals surface area contributed by atoms with Crippen LogP contribution in [0.4, 0.5) is 0 Å². The van der Waals surface area contributed by atoms with Crippen LogP contribution in [0, 0.1) is 5.41 Å². The van der Waals surface area contributed by atoms with E-state index in [0.29, 0.717) is 13.0 Å². The molecule has 0 bridgehead atoms. The number of carbonyl (C=O) groups is 1. The van der Waals surface area contributed by atoms with Crippen molar-refractivity contribution in [3.63, 3.8) is 0 Å². The van der Waals surface area contributed by atoms with E-state index in [1.54, 1.807) is 0 Å². The average molecular weight is 263 g/mol. The fraction of sp³-hybridized carbons (Fsp3) is 0.917. The lowest BCUT2D eigenvalue weighted by molar-refractivity contribution is -0.129. The molecule has 1 heterocycles. The van der Waals surface area contributed by atoms with Crippen LogP contribution in [0.15, 0.2) is 0 Å². The highest BCUT2D eigenvalue weighted by Crippen LogP contribution is 2.28. The van der Waals surface area contributed by atoms with Gasteiger partial charge >= 0.3 is 0 Å². The molecule has 0 aromatic rings. The SMILES string of the molecule is CC.CC(C)(C)C(=O)C1CCCN1S(C)(=O)=O. The molecule has 17 heavy (non-hydrogen) atoms. The molecule has 1 aliphatic heterocycles. The molecule has 1 saturated heterocycles. The van der Waals surface area contributed by atoms with E-state index in [4.69, 9.17) is 0 Å². The number of nitrogens with zero attached hydrogens (tertiary/aromatic N) is 1. The van der Waals surface area contributed by atoms with Crippen LogP contribution in [-0.4, -0.2) is 37.3 Å². The second-order valence-electron chi connectivity index (χ2n) is 5.15. The maximum atomic E-state index is 12.0. The zero-order valence-electron chi connectivity index (χ0n) is 11.8. The van der Waals surface area contributed by atoms with E-state index in [1.807, 2.05) is 34.6 Å². The lowest BCUT2D eigenvalue weighted by atomic mass is 9.86. The zero-order valence-corrected chi connectivity index (χ0v) is 12.6. The molecule has 0 aromatic carbocycles. The predicted octanol–water partition coefficient (Wildman–Crippen LogP) is 2.05. The van der Waals surface area contributed by atoms with Gasteiger partial charge in [0.25, 0.3) is 0 Å². The lowest BCUT2D eigenvalue weighted by Crippen LogP contribution is -2.44. The average Bonchev–Trinajstić information content (AvgIpc) is 2.66. The number of ketones is 1. The van der Waals surface area contributed by atoms with Gasteiger partial charge in [0.15, 0.2) is 5.78 Å². The number of carbonyl (C=O) groups excluding carboxylic acids is 1. The van der Waals surface area contributed by atoms with Gasteiger partial charge < -0.3 is 0 Å². The highest BCUT2D eigenvalue weighted by atomic mass is 32.2. The van der Waals surface area contributed by atoms with Gasteiger partial charge in [0.05, 0.1) is 12.3 Å². The topological polar surface area (TPSA) is 54.5 Å². The van der Waals surface area contributed by atoms with Crippen LogP contribution in [0.3, 0.4) is 0 Å². The van der Waals surface area contributed by atoms with Gasteiger partial charge in [-0.15, -0.1) is 0 Å². The second-order valence-corrected chi connectivity index (χ2v) is 7.08. The van der Waals surface area contributed by atoms with Crippen molar-refractivity contribution in [3.05, 3.63) is 0 Å². The maximum absolute atomic E-state index is 12.0. The van der Waals surface area contributed by atoms with E-state index >= 15 is 0 Å². The van der Waals surface area contributed by atoms with Crippen molar-refractivity contribution in [1.29, 1.82) is 0 Å². The summed E-state index contributed by atoms with van der Waals surface area (Å²) in [6.45, 7) is 9.96. The summed E-state index contributed by atoms with van der Waals surface area (Å²) in [6, 6.07) is -0.444. The number of rotatable bonds is 2. The number of hydrogen-bond acceptors (Lipinski definition) is 3. The Kier molecular flexibility index (Phi) is 5.81. The van der Waals surface area contributed by atoms with E-state index in [-0.39, 0.29) is 5.78 Å². The van der Waals surface area contributed by atoms with E-state index in [0.717, 1.165) is 6.42 Å². The van der Waals surface area contributed by atoms with Crippen LogP contribution in [0.1, 0.15) is 47.5 Å². The van der Waals surface area contributed by atoms with Gasteiger partial charge in [0.2, 0.25) is 10.0 Å². The van der Waals surface area contributed by atoms with Crippen LogP contribution in [0.2, 0.25) is 0 Å². The molecular formula is C12H25NO3S. The minimum absolute atomic E-state index is 0.0189. The third-order valence-electron chi connectivity index (χ3n) is 2.67. The van der Waals surface area contributed by atoms with E-state index in [2.05, 4.69) is 0 Å². The molecule has 102 valence electrons. The second kappa shape index (κ2) is 5.96. The summed E-state index contributed by atoms with van der Waals surface area (Å²) < 4.78 is 24.2. The van der Waals surface area contributed by atoms with Crippen molar-refractivity contribution in [3.8, 4) is 0 Å². The highest BCUT2D eigenvalue weighted by molar-refractivity contribution is 7.88. The van der Waals surface area contributed by atoms with Crippen molar-refractivity contribution in [2.24, 2.45) is 5.41 Å². The van der Waals surface area contributed by atoms with Crippen molar-refractivity contribution >= 4 is 15.8 Å². The Hall–Kier alpha value is -0.420. The van der Waals surface area contributed by atoms with Gasteiger partial charge in [-0.2, -0.15) is 4.31 Å². The highest BCUT2D eigenvalue weighted by Gasteiger charge is 2.40. The third kappa shape index (κ3) is 4.39. The number of hydrogen-bond donors (Lipinski definition) is 0. The molecule has 0 N–H and O–H groups in total. The van der Waals surface area contributed by atoms with Gasteiger partial charge in [-0.05, 0) is 12.8 Å². The lowest BCUT2D eigenvalue weighted by Gasteiger charge is -2.27. The summed E-state index contributed by atoms with van der Waals surface area (Å²) in [5.41, 5.74) is -0.474. The minimum atomic E-state index is -3.24. The quantitative estimate of drug-likeness (QED) is 0.766. The smallest absolute Gasteiger partial charge is 0.211 e. The Balaban J connectivity index is 0.00000121. The monoisotopic (exact) mass is 263 g/mol. The number of sulfonamides is 1. The molecule has 1 unspecified atom stereocenters. The van der Waals surface area contributed by atoms with Gasteiger partial charge in [-0.25, -0.2) is 8.42 Å². The molecule has 1 aliphatic rings. The molecule has 0 aliphatic carbocycles. The molecule has 0 amide bonds. The van der Waals surface area contributed by atoms with E-state index < -0.39 is 21.5 Å². The predicted molar refractivity (Wildman–Crippen MR) is 70.4 cm³/mol. The van der Waals surface area contributed by atoms with Gasteiger partial charge in [-0.1, -0.05) is 34.6 Å². The number of Topliss-reactive ketones (excluding diaryl/α,β-unsaturated/α-hetero) is 1.